The van der Waals surface area contributed by atoms with Crippen LogP contribution in [0.1, 0.15) is 26.1 Å². The third-order valence-electron chi connectivity index (χ3n) is 2.84. The van der Waals surface area contributed by atoms with E-state index < -0.39 is 0 Å². The summed E-state index contributed by atoms with van der Waals surface area (Å²) < 4.78 is 13.7. The topological polar surface area (TPSA) is 49.8 Å². The van der Waals surface area contributed by atoms with Crippen LogP contribution < -0.4 is 10.6 Å². The number of hydrogen-bond acceptors (Lipinski definition) is 4. The summed E-state index contributed by atoms with van der Waals surface area (Å²) >= 11 is 3.18. The Hall–Kier alpha value is -1.69. The molecule has 0 aliphatic heterocycles. The van der Waals surface area contributed by atoms with Gasteiger partial charge in [-0.1, -0.05) is 13.8 Å². The maximum absolute atomic E-state index is 13.2. The van der Waals surface area contributed by atoms with Gasteiger partial charge in [-0.15, -0.1) is 0 Å². The molecule has 4 nitrogen and oxygen atoms in total. The van der Waals surface area contributed by atoms with E-state index in [0.29, 0.717) is 10.3 Å². The number of hydrogen-bond donors (Lipinski definition) is 2. The molecule has 1 aromatic heterocycles. The molecule has 2 rings (SSSR count). The van der Waals surface area contributed by atoms with Crippen molar-refractivity contribution in [2.75, 3.05) is 17.2 Å². The van der Waals surface area contributed by atoms with Gasteiger partial charge in [0.25, 0.3) is 0 Å². The molecule has 21 heavy (non-hydrogen) atoms. The number of halogens is 2. The minimum absolute atomic E-state index is 0.289. The number of nitrogens with zero attached hydrogens (tertiary/aromatic N) is 2. The average Bonchev–Trinajstić information content (AvgIpc) is 2.48. The van der Waals surface area contributed by atoms with Gasteiger partial charge in [-0.25, -0.2) is 14.4 Å². The molecule has 0 aliphatic rings. The first-order valence-electron chi connectivity index (χ1n) is 6.96. The van der Waals surface area contributed by atoms with Crippen LogP contribution in [-0.4, -0.2) is 16.5 Å². The van der Waals surface area contributed by atoms with Gasteiger partial charge in [0.15, 0.2) is 0 Å². The van der Waals surface area contributed by atoms with Gasteiger partial charge in [0, 0.05) is 24.7 Å². The molecule has 112 valence electrons. The lowest BCUT2D eigenvalue weighted by Gasteiger charge is -2.11. The summed E-state index contributed by atoms with van der Waals surface area (Å²) in [7, 11) is 0. The second-order valence-electron chi connectivity index (χ2n) is 4.59. The second-order valence-corrected chi connectivity index (χ2v) is 5.44. The standard InChI is InChI=1S/C15H18BrFN4/c1-3-7-18-14-9-15(21-13(4-2)20-14)19-10-5-6-12(17)11(16)8-10/h5-6,8-9H,3-4,7H2,1-2H3,(H2,18,19,20,21). The van der Waals surface area contributed by atoms with Crippen LogP contribution in [0.3, 0.4) is 0 Å². The second kappa shape index (κ2) is 7.36. The van der Waals surface area contributed by atoms with Gasteiger partial charge in [0.05, 0.1) is 4.47 Å². The van der Waals surface area contributed by atoms with Crippen molar-refractivity contribution in [3.8, 4) is 0 Å². The quantitative estimate of drug-likeness (QED) is 0.803. The van der Waals surface area contributed by atoms with Crippen LogP contribution in [0.4, 0.5) is 21.7 Å². The molecule has 1 aromatic carbocycles. The minimum atomic E-state index is -0.289. The Bertz CT molecular complexity index is 619. The Morgan fingerprint density at radius 3 is 2.57 bits per heavy atom. The monoisotopic (exact) mass is 352 g/mol. The molecule has 0 saturated carbocycles. The molecular weight excluding hydrogens is 335 g/mol. The zero-order valence-corrected chi connectivity index (χ0v) is 13.7. The molecule has 0 aliphatic carbocycles. The largest absolute Gasteiger partial charge is 0.370 e. The Labute approximate surface area is 132 Å². The lowest BCUT2D eigenvalue weighted by Crippen LogP contribution is -2.06. The summed E-state index contributed by atoms with van der Waals surface area (Å²) in [5.41, 5.74) is 0.769. The highest BCUT2D eigenvalue weighted by Gasteiger charge is 2.05. The van der Waals surface area contributed by atoms with E-state index in [1.165, 1.54) is 6.07 Å². The molecule has 0 fully saturated rings. The highest BCUT2D eigenvalue weighted by atomic mass is 79.9. The smallest absolute Gasteiger partial charge is 0.137 e. The summed E-state index contributed by atoms with van der Waals surface area (Å²) in [4.78, 5) is 8.87. The Morgan fingerprint density at radius 2 is 1.90 bits per heavy atom. The number of rotatable bonds is 6. The molecule has 0 radical (unpaired) electrons. The van der Waals surface area contributed by atoms with Gasteiger partial charge in [-0.3, -0.25) is 0 Å². The fraction of sp³-hybridized carbons (Fsp3) is 0.333. The number of anilines is 3. The van der Waals surface area contributed by atoms with Crippen molar-refractivity contribution in [3.05, 3.63) is 40.4 Å². The van der Waals surface area contributed by atoms with E-state index in [2.05, 4.69) is 43.5 Å². The predicted octanol–water partition coefficient (Wildman–Crippen LogP) is 4.51. The van der Waals surface area contributed by atoms with Crippen molar-refractivity contribution in [2.45, 2.75) is 26.7 Å². The van der Waals surface area contributed by atoms with Crippen molar-refractivity contribution in [1.82, 2.24) is 9.97 Å². The molecule has 0 saturated heterocycles. The highest BCUT2D eigenvalue weighted by molar-refractivity contribution is 9.10. The van der Waals surface area contributed by atoms with Crippen LogP contribution in [0.5, 0.6) is 0 Å². The van der Waals surface area contributed by atoms with Gasteiger partial charge in [-0.05, 0) is 40.5 Å². The summed E-state index contributed by atoms with van der Waals surface area (Å²) in [6.07, 6.45) is 1.78. The van der Waals surface area contributed by atoms with Crippen LogP contribution in [0.15, 0.2) is 28.7 Å². The first-order valence-corrected chi connectivity index (χ1v) is 7.75. The molecule has 2 N–H and O–H groups in total. The molecule has 0 atom stereocenters. The van der Waals surface area contributed by atoms with Crippen LogP contribution in [0.25, 0.3) is 0 Å². The highest BCUT2D eigenvalue weighted by Crippen LogP contribution is 2.23. The van der Waals surface area contributed by atoms with E-state index in [1.807, 2.05) is 13.0 Å². The lowest BCUT2D eigenvalue weighted by atomic mass is 10.3. The van der Waals surface area contributed by atoms with E-state index in [4.69, 9.17) is 0 Å². The van der Waals surface area contributed by atoms with Gasteiger partial charge in [0.1, 0.15) is 23.3 Å². The fourth-order valence-electron chi connectivity index (χ4n) is 1.78. The van der Waals surface area contributed by atoms with E-state index in [9.17, 15) is 4.39 Å². The maximum Gasteiger partial charge on any atom is 0.137 e. The maximum atomic E-state index is 13.2. The first-order chi connectivity index (χ1) is 10.1. The van der Waals surface area contributed by atoms with Gasteiger partial charge in [-0.2, -0.15) is 0 Å². The predicted molar refractivity (Wildman–Crippen MR) is 87.6 cm³/mol. The number of aromatic nitrogens is 2. The number of benzene rings is 1. The van der Waals surface area contributed by atoms with Gasteiger partial charge >= 0.3 is 0 Å². The van der Waals surface area contributed by atoms with E-state index in [-0.39, 0.29) is 5.82 Å². The van der Waals surface area contributed by atoms with Crippen LogP contribution >= 0.6 is 15.9 Å². The minimum Gasteiger partial charge on any atom is -0.370 e. The van der Waals surface area contributed by atoms with Crippen LogP contribution in [-0.2, 0) is 6.42 Å². The van der Waals surface area contributed by atoms with E-state index in [1.54, 1.807) is 12.1 Å². The SMILES string of the molecule is CCCNc1cc(Nc2ccc(F)c(Br)c2)nc(CC)n1. The Morgan fingerprint density at radius 1 is 1.14 bits per heavy atom. The van der Waals surface area contributed by atoms with E-state index >= 15 is 0 Å². The van der Waals surface area contributed by atoms with Gasteiger partial charge < -0.3 is 10.6 Å². The Balaban J connectivity index is 2.23. The fourth-order valence-corrected chi connectivity index (χ4v) is 2.16. The molecule has 2 aromatic rings. The van der Waals surface area contributed by atoms with E-state index in [0.717, 1.165) is 36.7 Å². The first kappa shape index (κ1) is 15.7. The van der Waals surface area contributed by atoms with Crippen molar-refractivity contribution in [2.24, 2.45) is 0 Å². The third-order valence-corrected chi connectivity index (χ3v) is 3.44. The van der Waals surface area contributed by atoms with Crippen molar-refractivity contribution in [3.63, 3.8) is 0 Å². The molecule has 0 amide bonds. The number of nitrogens with one attached hydrogen (secondary N) is 2. The molecule has 6 heteroatoms. The lowest BCUT2D eigenvalue weighted by molar-refractivity contribution is 0.621. The van der Waals surface area contributed by atoms with Crippen molar-refractivity contribution >= 4 is 33.3 Å². The van der Waals surface area contributed by atoms with Crippen LogP contribution in [0.2, 0.25) is 0 Å². The third kappa shape index (κ3) is 4.39. The average molecular weight is 353 g/mol. The molecule has 0 unspecified atom stereocenters. The summed E-state index contributed by atoms with van der Waals surface area (Å²) in [6, 6.07) is 6.62. The van der Waals surface area contributed by atoms with Crippen molar-refractivity contribution < 1.29 is 4.39 Å². The zero-order valence-electron chi connectivity index (χ0n) is 12.1. The van der Waals surface area contributed by atoms with Crippen LogP contribution in [0, 0.1) is 5.82 Å². The molecule has 1 heterocycles. The summed E-state index contributed by atoms with van der Waals surface area (Å²) in [5, 5.41) is 6.43. The summed E-state index contributed by atoms with van der Waals surface area (Å²) in [6.45, 7) is 4.98. The molecular formula is C15H18BrFN4. The molecule has 0 bridgehead atoms. The van der Waals surface area contributed by atoms with Gasteiger partial charge in [0.2, 0.25) is 0 Å². The number of aryl methyl sites for hydroxylation is 1. The van der Waals surface area contributed by atoms with Crippen molar-refractivity contribution in [1.29, 1.82) is 0 Å². The molecule has 0 spiro atoms. The zero-order chi connectivity index (χ0) is 15.2. The summed E-state index contributed by atoms with van der Waals surface area (Å²) in [5.74, 6) is 1.97. The normalized spacial score (nSPS) is 10.5. The Kier molecular flexibility index (Phi) is 5.50.